The minimum Gasteiger partial charge on any atom is -0.458 e. The highest BCUT2D eigenvalue weighted by Gasteiger charge is 2.63. The molecule has 0 heterocycles. The fourth-order valence-corrected chi connectivity index (χ4v) is 7.51. The summed E-state index contributed by atoms with van der Waals surface area (Å²) in [4.78, 5) is 36.3. The topological polar surface area (TPSA) is 80.7 Å². The van der Waals surface area contributed by atoms with Crippen LogP contribution in [0.1, 0.15) is 47.5 Å². The second-order valence-electron chi connectivity index (χ2n) is 10.4. The SMILES string of the molecule is CC(=O)OCC(=O)[C@H]1C(C)C[C@H]2[C@@H]3C=C(C)C4=CC(=O)C=C[C@]4(C)[C@H]3C(O)C[C@]12C. The third-order valence-electron chi connectivity index (χ3n) is 8.48. The Bertz CT molecular complexity index is 895. The maximum Gasteiger partial charge on any atom is 0.303 e. The number of ketones is 2. The summed E-state index contributed by atoms with van der Waals surface area (Å²) in [5.41, 5.74) is 1.36. The first kappa shape index (κ1) is 21.2. The third kappa shape index (κ3) is 2.96. The molecule has 1 N–H and O–H groups in total. The minimum absolute atomic E-state index is 0.00515. The lowest BCUT2D eigenvalue weighted by Crippen LogP contribution is -2.56. The zero-order chi connectivity index (χ0) is 22.0. The minimum atomic E-state index is -0.582. The zero-order valence-corrected chi connectivity index (χ0v) is 18.5. The fraction of sp³-hybridized carbons (Fsp3) is 0.640. The fourth-order valence-electron chi connectivity index (χ4n) is 7.51. The molecule has 0 bridgehead atoms. The number of aliphatic hydroxyl groups is 1. The van der Waals surface area contributed by atoms with Crippen molar-refractivity contribution in [1.82, 2.24) is 0 Å². The van der Waals surface area contributed by atoms with Crippen LogP contribution < -0.4 is 0 Å². The van der Waals surface area contributed by atoms with E-state index >= 15 is 0 Å². The van der Waals surface area contributed by atoms with E-state index in [2.05, 4.69) is 26.8 Å². The molecule has 4 aliphatic carbocycles. The summed E-state index contributed by atoms with van der Waals surface area (Å²) in [6.45, 7) is 9.53. The predicted octanol–water partition coefficient (Wildman–Crippen LogP) is 3.43. The first-order valence-electron chi connectivity index (χ1n) is 11.0. The molecular weight excluding hydrogens is 380 g/mol. The molecule has 8 atom stereocenters. The van der Waals surface area contributed by atoms with E-state index in [4.69, 9.17) is 4.74 Å². The van der Waals surface area contributed by atoms with Gasteiger partial charge in [-0.25, -0.2) is 0 Å². The number of carbonyl (C=O) groups is 3. The lowest BCUT2D eigenvalue weighted by Gasteiger charge is -2.57. The van der Waals surface area contributed by atoms with Crippen LogP contribution >= 0.6 is 0 Å². The van der Waals surface area contributed by atoms with E-state index in [1.165, 1.54) is 6.92 Å². The maximum absolute atomic E-state index is 13.0. The van der Waals surface area contributed by atoms with E-state index in [9.17, 15) is 19.5 Å². The van der Waals surface area contributed by atoms with Gasteiger partial charge in [-0.2, -0.15) is 0 Å². The normalized spacial score (nSPS) is 44.4. The Hall–Kier alpha value is -2.01. The predicted molar refractivity (Wildman–Crippen MR) is 112 cm³/mol. The number of ether oxygens (including phenoxy) is 1. The number of allylic oxidation sites excluding steroid dienone is 6. The quantitative estimate of drug-likeness (QED) is 0.719. The summed E-state index contributed by atoms with van der Waals surface area (Å²) >= 11 is 0. The number of hydrogen-bond acceptors (Lipinski definition) is 5. The summed E-state index contributed by atoms with van der Waals surface area (Å²) in [6, 6.07) is 0. The van der Waals surface area contributed by atoms with Gasteiger partial charge < -0.3 is 9.84 Å². The molecule has 0 aromatic carbocycles. The van der Waals surface area contributed by atoms with Crippen LogP contribution in [0, 0.1) is 40.4 Å². The number of aliphatic hydroxyl groups excluding tert-OH is 1. The maximum atomic E-state index is 13.0. The van der Waals surface area contributed by atoms with Crippen molar-refractivity contribution in [2.24, 2.45) is 40.4 Å². The molecular formula is C25H32O5. The molecule has 0 spiro atoms. The lowest BCUT2D eigenvalue weighted by atomic mass is 9.47. The average Bonchev–Trinajstić information content (AvgIpc) is 2.91. The van der Waals surface area contributed by atoms with Gasteiger partial charge in [-0.1, -0.05) is 38.5 Å². The highest BCUT2D eigenvalue weighted by atomic mass is 16.5. The van der Waals surface area contributed by atoms with Crippen LogP contribution in [0.5, 0.6) is 0 Å². The smallest absolute Gasteiger partial charge is 0.303 e. The van der Waals surface area contributed by atoms with E-state index in [1.54, 1.807) is 12.2 Å². The molecule has 4 aliphatic rings. The Morgan fingerprint density at radius 2 is 2.00 bits per heavy atom. The Labute approximate surface area is 178 Å². The molecule has 0 radical (unpaired) electrons. The second kappa shape index (κ2) is 7.01. The second-order valence-corrected chi connectivity index (χ2v) is 10.4. The highest BCUT2D eigenvalue weighted by Crippen LogP contribution is 2.66. The monoisotopic (exact) mass is 412 g/mol. The third-order valence-corrected chi connectivity index (χ3v) is 8.48. The molecule has 4 rings (SSSR count). The van der Waals surface area contributed by atoms with Crippen LogP contribution in [0.25, 0.3) is 0 Å². The van der Waals surface area contributed by atoms with Gasteiger partial charge in [0, 0.05) is 24.2 Å². The van der Waals surface area contributed by atoms with Gasteiger partial charge >= 0.3 is 5.97 Å². The molecule has 30 heavy (non-hydrogen) atoms. The molecule has 0 saturated heterocycles. The number of esters is 1. The van der Waals surface area contributed by atoms with Crippen molar-refractivity contribution in [3.63, 3.8) is 0 Å². The Morgan fingerprint density at radius 1 is 1.30 bits per heavy atom. The molecule has 0 aromatic heterocycles. The number of fused-ring (bicyclic) bond motifs is 5. The molecule has 5 heteroatoms. The van der Waals surface area contributed by atoms with Gasteiger partial charge in [0.1, 0.15) is 6.61 Å². The number of carbonyl (C=O) groups excluding carboxylic acids is 3. The van der Waals surface area contributed by atoms with Crippen LogP contribution in [0.3, 0.4) is 0 Å². The molecule has 162 valence electrons. The van der Waals surface area contributed by atoms with Crippen molar-refractivity contribution in [2.75, 3.05) is 6.61 Å². The standard InChI is InChI=1S/C25H32O5/c1-13-8-17-19-9-14(2)22(21(29)12-30-15(3)26)25(19,5)11-20(28)23(17)24(4)7-6-16(27)10-18(13)24/h6-8,10,14,17,19-20,22-23,28H,9,11-12H2,1-5H3/t14?,17-,19-,20?,22+,23+,24-,25-/m0/s1. The van der Waals surface area contributed by atoms with Crippen molar-refractivity contribution in [3.8, 4) is 0 Å². The van der Waals surface area contributed by atoms with E-state index in [-0.39, 0.29) is 58.6 Å². The van der Waals surface area contributed by atoms with Gasteiger partial charge in [-0.05, 0) is 60.7 Å². The Morgan fingerprint density at radius 3 is 2.67 bits per heavy atom. The van der Waals surface area contributed by atoms with E-state index < -0.39 is 12.1 Å². The highest BCUT2D eigenvalue weighted by molar-refractivity contribution is 6.02. The van der Waals surface area contributed by atoms with E-state index in [0.29, 0.717) is 6.42 Å². The molecule has 5 nitrogen and oxygen atoms in total. The van der Waals surface area contributed by atoms with Crippen LogP contribution in [0.4, 0.5) is 0 Å². The molecule has 2 fully saturated rings. The first-order chi connectivity index (χ1) is 14.0. The van der Waals surface area contributed by atoms with Gasteiger partial charge in [0.05, 0.1) is 6.10 Å². The Balaban J connectivity index is 1.73. The number of Topliss-reactive ketones (excluding diaryl/α,β-unsaturated/α-hetero) is 1. The van der Waals surface area contributed by atoms with E-state index in [1.807, 2.05) is 13.0 Å². The van der Waals surface area contributed by atoms with Crippen LogP contribution in [-0.2, 0) is 19.1 Å². The summed E-state index contributed by atoms with van der Waals surface area (Å²) < 4.78 is 5.03. The molecule has 2 unspecified atom stereocenters. The van der Waals surface area contributed by atoms with Gasteiger partial charge in [0.25, 0.3) is 0 Å². The van der Waals surface area contributed by atoms with Crippen molar-refractivity contribution in [1.29, 1.82) is 0 Å². The summed E-state index contributed by atoms with van der Waals surface area (Å²) in [6.07, 6.45) is 8.42. The van der Waals surface area contributed by atoms with Crippen LogP contribution in [0.2, 0.25) is 0 Å². The van der Waals surface area contributed by atoms with Crippen molar-refractivity contribution < 1.29 is 24.2 Å². The van der Waals surface area contributed by atoms with Gasteiger partial charge in [-0.15, -0.1) is 0 Å². The zero-order valence-electron chi connectivity index (χ0n) is 18.5. The summed E-state index contributed by atoms with van der Waals surface area (Å²) in [5.74, 6) is -0.204. The van der Waals surface area contributed by atoms with Crippen LogP contribution in [0.15, 0.2) is 35.5 Å². The largest absolute Gasteiger partial charge is 0.458 e. The number of rotatable bonds is 3. The average molecular weight is 413 g/mol. The Kier molecular flexibility index (Phi) is 4.96. The van der Waals surface area contributed by atoms with Crippen molar-refractivity contribution in [3.05, 3.63) is 35.5 Å². The molecule has 0 amide bonds. The van der Waals surface area contributed by atoms with Gasteiger partial charge in [-0.3, -0.25) is 14.4 Å². The van der Waals surface area contributed by atoms with E-state index in [0.717, 1.165) is 17.6 Å². The molecule has 2 saturated carbocycles. The van der Waals surface area contributed by atoms with Crippen molar-refractivity contribution >= 4 is 17.5 Å². The molecule has 0 aromatic rings. The van der Waals surface area contributed by atoms with Crippen LogP contribution in [-0.4, -0.2) is 35.4 Å². The van der Waals surface area contributed by atoms with Crippen molar-refractivity contribution in [2.45, 2.75) is 53.6 Å². The van der Waals surface area contributed by atoms with Gasteiger partial charge in [0.15, 0.2) is 11.6 Å². The summed E-state index contributed by atoms with van der Waals surface area (Å²) in [7, 11) is 0. The number of hydrogen-bond donors (Lipinski definition) is 1. The first-order valence-corrected chi connectivity index (χ1v) is 11.0. The lowest BCUT2D eigenvalue weighted by molar-refractivity contribution is -0.151. The van der Waals surface area contributed by atoms with Gasteiger partial charge in [0.2, 0.25) is 0 Å². The summed E-state index contributed by atoms with van der Waals surface area (Å²) in [5, 5.41) is 11.4. The molecule has 0 aliphatic heterocycles.